The minimum absolute atomic E-state index is 0.0595. The van der Waals surface area contributed by atoms with E-state index in [-0.39, 0.29) is 23.9 Å². The average molecular weight is 438 g/mol. The predicted octanol–water partition coefficient (Wildman–Crippen LogP) is 2.27. The number of hydrogen-bond donors (Lipinski definition) is 4. The molecule has 1 unspecified atom stereocenters. The molecule has 1 saturated carbocycles. The maximum Gasteiger partial charge on any atom is 0.387 e. The third-order valence-electron chi connectivity index (χ3n) is 5.82. The molecule has 2 aliphatic rings. The molecule has 1 aromatic carbocycles. The molecule has 1 atom stereocenters. The first-order valence-electron chi connectivity index (χ1n) is 10.3. The molecule has 0 spiro atoms. The minimum atomic E-state index is -2.88. The van der Waals surface area contributed by atoms with Crippen LogP contribution in [0.4, 0.5) is 8.78 Å². The Morgan fingerprint density at radius 3 is 2.45 bits per heavy atom. The van der Waals surface area contributed by atoms with Crippen molar-refractivity contribution >= 4 is 5.96 Å². The summed E-state index contributed by atoms with van der Waals surface area (Å²) in [5.74, 6) is 1.14. The van der Waals surface area contributed by atoms with E-state index in [2.05, 4.69) is 20.4 Å². The number of rotatable bonds is 8. The van der Waals surface area contributed by atoms with Gasteiger partial charge in [0, 0.05) is 0 Å². The molecule has 1 heterocycles. The van der Waals surface area contributed by atoms with Crippen LogP contribution in [-0.2, 0) is 6.54 Å². The summed E-state index contributed by atoms with van der Waals surface area (Å²) >= 11 is 0. The van der Waals surface area contributed by atoms with Crippen LogP contribution in [0.15, 0.2) is 41.2 Å². The summed E-state index contributed by atoms with van der Waals surface area (Å²) in [6.07, 6.45) is 5.55. The van der Waals surface area contributed by atoms with E-state index in [0.29, 0.717) is 24.8 Å². The van der Waals surface area contributed by atoms with Crippen LogP contribution in [0, 0.1) is 22.0 Å². The molecule has 0 bridgehead atoms. The van der Waals surface area contributed by atoms with Crippen LogP contribution in [0.5, 0.6) is 5.75 Å². The van der Waals surface area contributed by atoms with Crippen molar-refractivity contribution in [3.63, 3.8) is 0 Å². The number of guanidine groups is 1. The summed E-state index contributed by atoms with van der Waals surface area (Å²) in [5, 5.41) is 17.3. The van der Waals surface area contributed by atoms with Crippen LogP contribution in [-0.4, -0.2) is 29.7 Å². The van der Waals surface area contributed by atoms with Crippen LogP contribution in [0.1, 0.15) is 37.7 Å². The fraction of sp³-hybridized carbons (Fsp3) is 0.550. The molecule has 170 valence electrons. The van der Waals surface area contributed by atoms with Gasteiger partial charge >= 0.3 is 12.3 Å². The second-order valence-corrected chi connectivity index (χ2v) is 8.04. The number of halogens is 2. The lowest BCUT2D eigenvalue weighted by Gasteiger charge is -2.37. The molecule has 1 fully saturated rings. The highest BCUT2D eigenvalue weighted by molar-refractivity contribution is 5.83. The topological polar surface area (TPSA) is 141 Å². The molecule has 0 amide bonds. The van der Waals surface area contributed by atoms with E-state index >= 15 is 0 Å². The van der Waals surface area contributed by atoms with E-state index in [4.69, 9.17) is 11.5 Å². The van der Waals surface area contributed by atoms with E-state index in [1.165, 1.54) is 18.3 Å². The second kappa shape index (κ2) is 10.0. The molecule has 1 aliphatic heterocycles. The van der Waals surface area contributed by atoms with Gasteiger partial charge in [0.05, 0.1) is 17.7 Å². The highest BCUT2D eigenvalue weighted by Gasteiger charge is 2.44. The Balaban J connectivity index is 1.67. The van der Waals surface area contributed by atoms with Gasteiger partial charge in [-0.25, -0.2) is 4.99 Å². The smallest absolute Gasteiger partial charge is 0.387 e. The van der Waals surface area contributed by atoms with Crippen LogP contribution >= 0.6 is 0 Å². The number of nitrogens with zero attached hydrogens (tertiary/aromatic N) is 2. The van der Waals surface area contributed by atoms with Gasteiger partial charge in [-0.15, -0.1) is 0 Å². The Morgan fingerprint density at radius 2 is 1.87 bits per heavy atom. The molecule has 1 aromatic rings. The normalized spacial score (nSPS) is 27.4. The predicted molar refractivity (Wildman–Crippen MR) is 112 cm³/mol. The molecule has 31 heavy (non-hydrogen) atoms. The average Bonchev–Trinajstić information content (AvgIpc) is 2.73. The summed E-state index contributed by atoms with van der Waals surface area (Å²) in [6.45, 7) is -1.99. The molecule has 9 nitrogen and oxygen atoms in total. The fourth-order valence-electron chi connectivity index (χ4n) is 4.11. The Labute approximate surface area is 179 Å². The molecular formula is C20H28F2N6O3. The van der Waals surface area contributed by atoms with Gasteiger partial charge in [-0.2, -0.15) is 8.78 Å². The van der Waals surface area contributed by atoms with Gasteiger partial charge in [-0.05, 0) is 68.2 Å². The van der Waals surface area contributed by atoms with Crippen LogP contribution < -0.4 is 26.8 Å². The first-order chi connectivity index (χ1) is 14.8. The lowest BCUT2D eigenvalue weighted by molar-refractivity contribution is -0.437. The largest absolute Gasteiger partial charge is 0.435 e. The van der Waals surface area contributed by atoms with Crippen LogP contribution in [0.3, 0.4) is 0 Å². The van der Waals surface area contributed by atoms with E-state index in [1.807, 2.05) is 0 Å². The highest BCUT2D eigenvalue weighted by Crippen LogP contribution is 2.34. The van der Waals surface area contributed by atoms with Gasteiger partial charge in [0.1, 0.15) is 5.75 Å². The number of hydrogen-bond acceptors (Lipinski definition) is 6. The fourth-order valence-corrected chi connectivity index (χ4v) is 4.11. The lowest BCUT2D eigenvalue weighted by atomic mass is 9.77. The molecule has 6 N–H and O–H groups in total. The number of alkyl halides is 2. The highest BCUT2D eigenvalue weighted by atomic mass is 19.3. The van der Waals surface area contributed by atoms with Crippen molar-refractivity contribution in [2.45, 2.75) is 50.9 Å². The molecule has 11 heteroatoms. The van der Waals surface area contributed by atoms with Gasteiger partial charge in [-0.1, -0.05) is 12.1 Å². The Hall–Kier alpha value is -2.79. The molecule has 3 rings (SSSR count). The van der Waals surface area contributed by atoms with Gasteiger partial charge < -0.3 is 21.1 Å². The monoisotopic (exact) mass is 438 g/mol. The number of nitrogens with two attached hydrogens (primary N) is 2. The minimum Gasteiger partial charge on any atom is -0.435 e. The van der Waals surface area contributed by atoms with Gasteiger partial charge in [0.15, 0.2) is 11.6 Å². The molecule has 0 saturated heterocycles. The van der Waals surface area contributed by atoms with E-state index in [1.54, 1.807) is 12.1 Å². The standard InChI is InChI=1S/C20H28F2N6O3/c21-18(22)31-16-7-5-15(6-8-16)11-25-19-26-12-17(28(29)30)20(24,27-19)9-13-1-3-14(10-23)4-2-13/h5-8,12-14,18H,1-4,9-11,23-24H2,(H2,25,26,27). The number of nitrogens with one attached hydrogen (secondary N) is 2. The van der Waals surface area contributed by atoms with Gasteiger partial charge in [0.25, 0.3) is 0 Å². The molecule has 1 aliphatic carbocycles. The number of aliphatic imine (C=N–C) groups is 1. The van der Waals surface area contributed by atoms with Crippen molar-refractivity contribution < 1.29 is 18.4 Å². The zero-order valence-electron chi connectivity index (χ0n) is 17.1. The van der Waals surface area contributed by atoms with Crippen molar-refractivity contribution in [1.29, 1.82) is 0 Å². The number of benzene rings is 1. The molecular weight excluding hydrogens is 410 g/mol. The lowest BCUT2D eigenvalue weighted by Crippen LogP contribution is -2.64. The zero-order valence-corrected chi connectivity index (χ0v) is 17.1. The number of ether oxygens (including phenoxy) is 1. The Bertz CT molecular complexity index is 825. The summed E-state index contributed by atoms with van der Waals surface area (Å²) in [6, 6.07) is 6.10. The second-order valence-electron chi connectivity index (χ2n) is 8.04. The van der Waals surface area contributed by atoms with E-state index in [9.17, 15) is 18.9 Å². The Morgan fingerprint density at radius 1 is 1.23 bits per heavy atom. The van der Waals surface area contributed by atoms with Crippen LogP contribution in [0.2, 0.25) is 0 Å². The van der Waals surface area contributed by atoms with Crippen molar-refractivity contribution in [1.82, 2.24) is 10.6 Å². The SMILES string of the molecule is NCC1CCC(CC2(N)NC(=NCc3ccc(OC(F)F)cc3)NC=C2[N+](=O)[O-])CC1. The zero-order chi connectivity index (χ0) is 22.4. The number of nitro groups is 1. The van der Waals surface area contributed by atoms with Crippen molar-refractivity contribution in [3.05, 3.63) is 51.8 Å². The Kier molecular flexibility index (Phi) is 7.39. The third-order valence-corrected chi connectivity index (χ3v) is 5.82. The summed E-state index contributed by atoms with van der Waals surface area (Å²) in [4.78, 5) is 15.5. The maximum atomic E-state index is 12.2. The van der Waals surface area contributed by atoms with Crippen molar-refractivity contribution in [3.8, 4) is 5.75 Å². The van der Waals surface area contributed by atoms with Crippen molar-refractivity contribution in [2.75, 3.05) is 6.54 Å². The van der Waals surface area contributed by atoms with Gasteiger partial charge in [-0.3, -0.25) is 15.8 Å². The summed E-state index contributed by atoms with van der Waals surface area (Å²) < 4.78 is 28.8. The first-order valence-corrected chi connectivity index (χ1v) is 10.3. The summed E-state index contributed by atoms with van der Waals surface area (Å²) in [5.41, 5.74) is 11.5. The van der Waals surface area contributed by atoms with Crippen LogP contribution in [0.25, 0.3) is 0 Å². The van der Waals surface area contributed by atoms with E-state index in [0.717, 1.165) is 31.2 Å². The summed E-state index contributed by atoms with van der Waals surface area (Å²) in [7, 11) is 0. The quantitative estimate of drug-likeness (QED) is 0.360. The molecule has 0 radical (unpaired) electrons. The van der Waals surface area contributed by atoms with Crippen molar-refractivity contribution in [2.24, 2.45) is 28.3 Å². The first kappa shape index (κ1) is 22.9. The molecule has 0 aromatic heterocycles. The van der Waals surface area contributed by atoms with Gasteiger partial charge in [0.2, 0.25) is 0 Å². The maximum absolute atomic E-state index is 12.2. The third kappa shape index (κ3) is 6.11. The van der Waals surface area contributed by atoms with E-state index < -0.39 is 17.2 Å².